The molecule has 0 atom stereocenters. The number of aromatic nitrogens is 1. The van der Waals surface area contributed by atoms with Crippen molar-refractivity contribution in [2.45, 2.75) is 13.5 Å². The van der Waals surface area contributed by atoms with Crippen molar-refractivity contribution in [3.8, 4) is 5.75 Å². The Bertz CT molecular complexity index is 613. The molecular formula is C14H12FNO3. The minimum Gasteiger partial charge on any atom is -0.489 e. The highest BCUT2D eigenvalue weighted by molar-refractivity contribution is 5.85. The van der Waals surface area contributed by atoms with E-state index in [1.807, 2.05) is 0 Å². The molecule has 0 aliphatic rings. The molecule has 19 heavy (non-hydrogen) atoms. The first-order valence-electron chi connectivity index (χ1n) is 5.63. The lowest BCUT2D eigenvalue weighted by molar-refractivity contribution is 0.0690. The molecule has 0 aliphatic heterocycles. The maximum Gasteiger partial charge on any atom is 0.354 e. The second-order valence-electron chi connectivity index (χ2n) is 4.05. The summed E-state index contributed by atoms with van der Waals surface area (Å²) in [5.74, 6) is -0.837. The molecule has 0 saturated carbocycles. The predicted molar refractivity (Wildman–Crippen MR) is 66.7 cm³/mol. The first-order chi connectivity index (χ1) is 9.06. The first-order valence-corrected chi connectivity index (χ1v) is 5.63. The van der Waals surface area contributed by atoms with Crippen LogP contribution >= 0.6 is 0 Å². The topological polar surface area (TPSA) is 59.4 Å². The van der Waals surface area contributed by atoms with Crippen LogP contribution in [0.2, 0.25) is 0 Å². The number of carbonyl (C=O) groups is 1. The fraction of sp³-hybridized carbons (Fsp3) is 0.143. The Balaban J connectivity index is 2.07. The van der Waals surface area contributed by atoms with Crippen LogP contribution in [0, 0.1) is 12.7 Å². The van der Waals surface area contributed by atoms with Gasteiger partial charge in [-0.25, -0.2) is 14.2 Å². The summed E-state index contributed by atoms with van der Waals surface area (Å²) in [6.07, 6.45) is 1.41. The van der Waals surface area contributed by atoms with E-state index in [1.54, 1.807) is 19.1 Å². The Morgan fingerprint density at radius 2 is 2.16 bits per heavy atom. The Kier molecular flexibility index (Phi) is 3.75. The standard InChI is InChI=1S/C14H12FNO3/c1-9-6-11(2-3-12(9)15)19-8-10-4-5-16-13(7-10)14(17)18/h2-7H,8H2,1H3,(H,17,18). The third-order valence-corrected chi connectivity index (χ3v) is 2.58. The number of hydrogen-bond donors (Lipinski definition) is 1. The van der Waals surface area contributed by atoms with E-state index in [2.05, 4.69) is 4.98 Å². The molecule has 0 aliphatic carbocycles. The van der Waals surface area contributed by atoms with Gasteiger partial charge in [-0.05, 0) is 48.4 Å². The molecule has 0 spiro atoms. The summed E-state index contributed by atoms with van der Waals surface area (Å²) >= 11 is 0. The number of carboxylic acids is 1. The maximum absolute atomic E-state index is 13.1. The van der Waals surface area contributed by atoms with E-state index >= 15 is 0 Å². The van der Waals surface area contributed by atoms with Gasteiger partial charge in [0.15, 0.2) is 0 Å². The van der Waals surface area contributed by atoms with Gasteiger partial charge in [0.05, 0.1) is 0 Å². The van der Waals surface area contributed by atoms with Gasteiger partial charge in [-0.1, -0.05) is 0 Å². The molecule has 0 unspecified atom stereocenters. The zero-order valence-electron chi connectivity index (χ0n) is 10.3. The van der Waals surface area contributed by atoms with Crippen LogP contribution in [0.15, 0.2) is 36.5 Å². The summed E-state index contributed by atoms with van der Waals surface area (Å²) in [6, 6.07) is 7.57. The zero-order chi connectivity index (χ0) is 13.8. The van der Waals surface area contributed by atoms with Crippen molar-refractivity contribution in [1.82, 2.24) is 4.98 Å². The lowest BCUT2D eigenvalue weighted by atomic mass is 10.2. The van der Waals surface area contributed by atoms with Crippen LogP contribution < -0.4 is 4.74 Å². The van der Waals surface area contributed by atoms with Crippen LogP contribution in [0.25, 0.3) is 0 Å². The quantitative estimate of drug-likeness (QED) is 0.919. The van der Waals surface area contributed by atoms with E-state index in [9.17, 15) is 9.18 Å². The Hall–Kier alpha value is -2.43. The van der Waals surface area contributed by atoms with E-state index in [0.29, 0.717) is 16.9 Å². The van der Waals surface area contributed by atoms with Gasteiger partial charge in [-0.2, -0.15) is 0 Å². The van der Waals surface area contributed by atoms with E-state index in [1.165, 1.54) is 24.4 Å². The molecule has 1 heterocycles. The molecule has 1 aromatic heterocycles. The molecule has 2 aromatic rings. The van der Waals surface area contributed by atoms with Crippen molar-refractivity contribution in [2.75, 3.05) is 0 Å². The number of carboxylic acid groups (broad SMARTS) is 1. The van der Waals surface area contributed by atoms with Gasteiger partial charge in [-0.15, -0.1) is 0 Å². The van der Waals surface area contributed by atoms with Crippen molar-refractivity contribution in [3.63, 3.8) is 0 Å². The second kappa shape index (κ2) is 5.48. The molecule has 4 nitrogen and oxygen atoms in total. The lowest BCUT2D eigenvalue weighted by Gasteiger charge is -2.07. The number of benzene rings is 1. The van der Waals surface area contributed by atoms with Gasteiger partial charge in [0, 0.05) is 6.20 Å². The monoisotopic (exact) mass is 261 g/mol. The summed E-state index contributed by atoms with van der Waals surface area (Å²) in [6.45, 7) is 1.85. The first kappa shape index (κ1) is 13.0. The number of rotatable bonds is 4. The second-order valence-corrected chi connectivity index (χ2v) is 4.05. The van der Waals surface area contributed by atoms with Gasteiger partial charge in [-0.3, -0.25) is 0 Å². The normalized spacial score (nSPS) is 10.2. The van der Waals surface area contributed by atoms with E-state index in [-0.39, 0.29) is 18.1 Å². The van der Waals surface area contributed by atoms with Crippen molar-refractivity contribution >= 4 is 5.97 Å². The third kappa shape index (κ3) is 3.28. The Labute approximate surface area is 109 Å². The number of pyridine rings is 1. The smallest absolute Gasteiger partial charge is 0.354 e. The Morgan fingerprint density at radius 1 is 1.37 bits per heavy atom. The van der Waals surface area contributed by atoms with Crippen LogP contribution in [0.3, 0.4) is 0 Å². The average Bonchev–Trinajstić information content (AvgIpc) is 2.40. The molecule has 1 aromatic carbocycles. The highest BCUT2D eigenvalue weighted by atomic mass is 19.1. The molecule has 1 N–H and O–H groups in total. The third-order valence-electron chi connectivity index (χ3n) is 2.58. The Morgan fingerprint density at radius 3 is 2.84 bits per heavy atom. The fourth-order valence-electron chi connectivity index (χ4n) is 1.55. The average molecular weight is 261 g/mol. The lowest BCUT2D eigenvalue weighted by Crippen LogP contribution is -2.03. The molecule has 2 rings (SSSR count). The van der Waals surface area contributed by atoms with Crippen LogP contribution in [0.1, 0.15) is 21.6 Å². The minimum absolute atomic E-state index is 0.0311. The van der Waals surface area contributed by atoms with Crippen LogP contribution in [0.5, 0.6) is 5.75 Å². The van der Waals surface area contributed by atoms with Crippen molar-refractivity contribution in [3.05, 3.63) is 59.2 Å². The van der Waals surface area contributed by atoms with Crippen LogP contribution in [0.4, 0.5) is 4.39 Å². The number of aromatic carboxylic acids is 1. The maximum atomic E-state index is 13.1. The number of nitrogens with zero attached hydrogens (tertiary/aromatic N) is 1. The highest BCUT2D eigenvalue weighted by Gasteiger charge is 2.06. The highest BCUT2D eigenvalue weighted by Crippen LogP contribution is 2.17. The molecule has 0 fully saturated rings. The molecule has 5 heteroatoms. The summed E-state index contributed by atoms with van der Waals surface area (Å²) < 4.78 is 18.5. The number of aryl methyl sites for hydroxylation is 1. The summed E-state index contributed by atoms with van der Waals surface area (Å²) in [5.41, 5.74) is 1.16. The number of ether oxygens (including phenoxy) is 1. The van der Waals surface area contributed by atoms with Gasteiger partial charge < -0.3 is 9.84 Å². The largest absolute Gasteiger partial charge is 0.489 e. The zero-order valence-corrected chi connectivity index (χ0v) is 10.3. The molecule has 0 bridgehead atoms. The van der Waals surface area contributed by atoms with Gasteiger partial charge in [0.25, 0.3) is 0 Å². The van der Waals surface area contributed by atoms with Crippen LogP contribution in [-0.4, -0.2) is 16.1 Å². The van der Waals surface area contributed by atoms with Crippen molar-refractivity contribution < 1.29 is 19.0 Å². The van der Waals surface area contributed by atoms with Gasteiger partial charge >= 0.3 is 5.97 Å². The predicted octanol–water partition coefficient (Wildman–Crippen LogP) is 2.81. The number of hydrogen-bond acceptors (Lipinski definition) is 3. The molecule has 0 radical (unpaired) electrons. The van der Waals surface area contributed by atoms with Crippen molar-refractivity contribution in [2.24, 2.45) is 0 Å². The molecule has 0 amide bonds. The van der Waals surface area contributed by atoms with Crippen LogP contribution in [-0.2, 0) is 6.61 Å². The molecule has 98 valence electrons. The SMILES string of the molecule is Cc1cc(OCc2ccnc(C(=O)O)c2)ccc1F. The molecule has 0 saturated heterocycles. The van der Waals surface area contributed by atoms with E-state index in [0.717, 1.165) is 0 Å². The summed E-state index contributed by atoms with van der Waals surface area (Å²) in [4.78, 5) is 14.5. The van der Waals surface area contributed by atoms with E-state index < -0.39 is 5.97 Å². The van der Waals surface area contributed by atoms with Gasteiger partial charge in [0.2, 0.25) is 0 Å². The molecular weight excluding hydrogens is 249 g/mol. The summed E-state index contributed by atoms with van der Waals surface area (Å²) in [7, 11) is 0. The van der Waals surface area contributed by atoms with Gasteiger partial charge in [0.1, 0.15) is 23.9 Å². The number of halogens is 1. The fourth-order valence-corrected chi connectivity index (χ4v) is 1.55. The van der Waals surface area contributed by atoms with E-state index in [4.69, 9.17) is 9.84 Å². The minimum atomic E-state index is -1.08. The van der Waals surface area contributed by atoms with Crippen molar-refractivity contribution in [1.29, 1.82) is 0 Å². The summed E-state index contributed by atoms with van der Waals surface area (Å²) in [5, 5.41) is 8.82.